The molecule has 1 aromatic rings. The standard InChI is InChI=1S/C11H15N3O4S/c1-3-4-12-8(15)5-14(2)10(16)9-13-7(6-19-9)11(17)18/h6H,3-5H2,1-2H3,(H,12,15)(H,17,18). The number of nitrogens with zero attached hydrogens (tertiary/aromatic N) is 2. The molecule has 0 aliphatic heterocycles. The van der Waals surface area contributed by atoms with Gasteiger partial charge in [-0.05, 0) is 6.42 Å². The molecule has 0 saturated heterocycles. The van der Waals surface area contributed by atoms with Crippen LogP contribution in [-0.2, 0) is 4.79 Å². The summed E-state index contributed by atoms with van der Waals surface area (Å²) >= 11 is 0.944. The number of carboxylic acid groups (broad SMARTS) is 1. The molecule has 0 aliphatic carbocycles. The first-order chi connectivity index (χ1) is 8.95. The minimum atomic E-state index is -1.18. The summed E-state index contributed by atoms with van der Waals surface area (Å²) in [5.74, 6) is -1.91. The molecule has 0 unspecified atom stereocenters. The lowest BCUT2D eigenvalue weighted by Gasteiger charge is -2.14. The van der Waals surface area contributed by atoms with Crippen molar-refractivity contribution in [2.24, 2.45) is 0 Å². The van der Waals surface area contributed by atoms with Crippen LogP contribution in [-0.4, -0.2) is 52.9 Å². The summed E-state index contributed by atoms with van der Waals surface area (Å²) in [5.41, 5.74) is -0.169. The zero-order valence-electron chi connectivity index (χ0n) is 10.7. The van der Waals surface area contributed by atoms with Gasteiger partial charge in [0.2, 0.25) is 5.91 Å². The van der Waals surface area contributed by atoms with Gasteiger partial charge in [0.25, 0.3) is 5.91 Å². The van der Waals surface area contributed by atoms with Crippen LogP contribution in [0.2, 0.25) is 0 Å². The first kappa shape index (κ1) is 15.1. The second-order valence-electron chi connectivity index (χ2n) is 3.85. The molecule has 0 aliphatic rings. The Morgan fingerprint density at radius 2 is 2.16 bits per heavy atom. The Hall–Kier alpha value is -1.96. The monoisotopic (exact) mass is 285 g/mol. The smallest absolute Gasteiger partial charge is 0.355 e. The van der Waals surface area contributed by atoms with Gasteiger partial charge in [0, 0.05) is 19.0 Å². The van der Waals surface area contributed by atoms with Gasteiger partial charge < -0.3 is 15.3 Å². The number of amides is 2. The third kappa shape index (κ3) is 4.32. The number of carbonyl (C=O) groups excluding carboxylic acids is 2. The van der Waals surface area contributed by atoms with Crippen molar-refractivity contribution in [3.8, 4) is 0 Å². The molecular weight excluding hydrogens is 270 g/mol. The lowest BCUT2D eigenvalue weighted by atomic mass is 10.4. The van der Waals surface area contributed by atoms with Crippen LogP contribution < -0.4 is 5.32 Å². The summed E-state index contributed by atoms with van der Waals surface area (Å²) in [5, 5.41) is 12.7. The zero-order chi connectivity index (χ0) is 14.4. The number of aromatic nitrogens is 1. The first-order valence-electron chi connectivity index (χ1n) is 5.66. The molecule has 1 aromatic heterocycles. The van der Waals surface area contributed by atoms with E-state index in [1.54, 1.807) is 0 Å². The Kier molecular flexibility index (Phi) is 5.43. The van der Waals surface area contributed by atoms with Gasteiger partial charge in [0.15, 0.2) is 10.7 Å². The summed E-state index contributed by atoms with van der Waals surface area (Å²) in [6.07, 6.45) is 0.817. The van der Waals surface area contributed by atoms with Gasteiger partial charge in [-0.25, -0.2) is 9.78 Å². The topological polar surface area (TPSA) is 99.6 Å². The lowest BCUT2D eigenvalue weighted by molar-refractivity contribution is -0.121. The summed E-state index contributed by atoms with van der Waals surface area (Å²) in [6, 6.07) is 0. The van der Waals surface area contributed by atoms with Gasteiger partial charge in [-0.3, -0.25) is 9.59 Å². The van der Waals surface area contributed by atoms with Gasteiger partial charge in [0.05, 0.1) is 6.54 Å². The maximum atomic E-state index is 11.9. The van der Waals surface area contributed by atoms with E-state index in [0.29, 0.717) is 6.54 Å². The number of hydrogen-bond acceptors (Lipinski definition) is 5. The van der Waals surface area contributed by atoms with Crippen molar-refractivity contribution in [3.05, 3.63) is 16.1 Å². The van der Waals surface area contributed by atoms with E-state index in [9.17, 15) is 14.4 Å². The summed E-state index contributed by atoms with van der Waals surface area (Å²) in [6.45, 7) is 2.40. The second-order valence-corrected chi connectivity index (χ2v) is 4.71. The third-order valence-corrected chi connectivity index (χ3v) is 3.04. The van der Waals surface area contributed by atoms with E-state index < -0.39 is 11.9 Å². The van der Waals surface area contributed by atoms with Crippen molar-refractivity contribution in [1.29, 1.82) is 0 Å². The van der Waals surface area contributed by atoms with Crippen LogP contribution in [0.15, 0.2) is 5.38 Å². The minimum absolute atomic E-state index is 0.0585. The molecule has 7 nitrogen and oxygen atoms in total. The van der Waals surface area contributed by atoms with Crippen molar-refractivity contribution in [1.82, 2.24) is 15.2 Å². The highest BCUT2D eigenvalue weighted by Gasteiger charge is 2.19. The molecule has 0 radical (unpaired) electrons. The van der Waals surface area contributed by atoms with Crippen LogP contribution in [0.4, 0.5) is 0 Å². The summed E-state index contributed by atoms with van der Waals surface area (Å²) in [4.78, 5) is 38.9. The Bertz CT molecular complexity index is 486. The van der Waals surface area contributed by atoms with Crippen LogP contribution in [0.1, 0.15) is 33.6 Å². The number of aromatic carboxylic acids is 1. The van der Waals surface area contributed by atoms with Crippen LogP contribution in [0.3, 0.4) is 0 Å². The van der Waals surface area contributed by atoms with Crippen LogP contribution in [0.25, 0.3) is 0 Å². The van der Waals surface area contributed by atoms with Crippen molar-refractivity contribution in [2.75, 3.05) is 20.1 Å². The molecular formula is C11H15N3O4S. The van der Waals surface area contributed by atoms with E-state index in [-0.39, 0.29) is 23.2 Å². The van der Waals surface area contributed by atoms with E-state index in [1.807, 2.05) is 6.92 Å². The fraction of sp³-hybridized carbons (Fsp3) is 0.455. The molecule has 0 fully saturated rings. The highest BCUT2D eigenvalue weighted by molar-refractivity contribution is 7.11. The molecule has 0 bridgehead atoms. The van der Waals surface area contributed by atoms with E-state index in [2.05, 4.69) is 10.3 Å². The third-order valence-electron chi connectivity index (χ3n) is 2.21. The number of nitrogens with one attached hydrogen (secondary N) is 1. The Morgan fingerprint density at radius 1 is 1.47 bits per heavy atom. The molecule has 104 valence electrons. The van der Waals surface area contributed by atoms with Crippen LogP contribution in [0, 0.1) is 0 Å². The zero-order valence-corrected chi connectivity index (χ0v) is 11.5. The molecule has 1 heterocycles. The quantitative estimate of drug-likeness (QED) is 0.790. The van der Waals surface area contributed by atoms with Gasteiger partial charge in [-0.15, -0.1) is 11.3 Å². The molecule has 0 saturated carbocycles. The maximum absolute atomic E-state index is 11.9. The first-order valence-corrected chi connectivity index (χ1v) is 6.54. The van der Waals surface area contributed by atoms with E-state index in [4.69, 9.17) is 5.11 Å². The Labute approximate surface area is 114 Å². The van der Waals surface area contributed by atoms with Crippen molar-refractivity contribution < 1.29 is 19.5 Å². The normalized spacial score (nSPS) is 10.0. The Balaban J connectivity index is 2.60. The molecule has 2 N–H and O–H groups in total. The number of thiazole rings is 1. The van der Waals surface area contributed by atoms with Gasteiger partial charge >= 0.3 is 5.97 Å². The Morgan fingerprint density at radius 3 is 2.68 bits per heavy atom. The van der Waals surface area contributed by atoms with Crippen LogP contribution >= 0.6 is 11.3 Å². The largest absolute Gasteiger partial charge is 0.476 e. The number of rotatable bonds is 6. The van der Waals surface area contributed by atoms with Crippen molar-refractivity contribution >= 4 is 29.1 Å². The maximum Gasteiger partial charge on any atom is 0.355 e. The van der Waals surface area contributed by atoms with Crippen LogP contribution in [0.5, 0.6) is 0 Å². The molecule has 19 heavy (non-hydrogen) atoms. The molecule has 0 aromatic carbocycles. The fourth-order valence-corrected chi connectivity index (χ4v) is 2.03. The van der Waals surface area contributed by atoms with E-state index >= 15 is 0 Å². The second kappa shape index (κ2) is 6.83. The molecule has 0 spiro atoms. The van der Waals surface area contributed by atoms with Crippen molar-refractivity contribution in [3.63, 3.8) is 0 Å². The number of carbonyl (C=O) groups is 3. The van der Waals surface area contributed by atoms with Gasteiger partial charge in [0.1, 0.15) is 0 Å². The molecule has 8 heteroatoms. The fourth-order valence-electron chi connectivity index (χ4n) is 1.24. The molecule has 2 amide bonds. The predicted octanol–water partition coefficient (Wildman–Crippen LogP) is 0.439. The molecule has 0 atom stereocenters. The SMILES string of the molecule is CCCNC(=O)CN(C)C(=O)c1nc(C(=O)O)cs1. The van der Waals surface area contributed by atoms with Gasteiger partial charge in [-0.2, -0.15) is 0 Å². The number of hydrogen-bond donors (Lipinski definition) is 2. The van der Waals surface area contributed by atoms with Crippen molar-refractivity contribution in [2.45, 2.75) is 13.3 Å². The predicted molar refractivity (Wildman–Crippen MR) is 69.3 cm³/mol. The lowest BCUT2D eigenvalue weighted by Crippen LogP contribution is -2.38. The summed E-state index contributed by atoms with van der Waals surface area (Å²) < 4.78 is 0. The highest BCUT2D eigenvalue weighted by Crippen LogP contribution is 2.11. The van der Waals surface area contributed by atoms with E-state index in [1.165, 1.54) is 17.3 Å². The average molecular weight is 285 g/mol. The number of likely N-dealkylation sites (N-methyl/N-ethyl adjacent to an activating group) is 1. The van der Waals surface area contributed by atoms with Gasteiger partial charge in [-0.1, -0.05) is 6.92 Å². The molecule has 1 rings (SSSR count). The minimum Gasteiger partial charge on any atom is -0.476 e. The average Bonchev–Trinajstić information content (AvgIpc) is 2.84. The summed E-state index contributed by atoms with van der Waals surface area (Å²) in [7, 11) is 1.47. The highest BCUT2D eigenvalue weighted by atomic mass is 32.1. The van der Waals surface area contributed by atoms with E-state index in [0.717, 1.165) is 17.8 Å². The number of carboxylic acids is 1.